The normalized spacial score (nSPS) is 10.1. The van der Waals surface area contributed by atoms with E-state index in [-0.39, 0.29) is 12.3 Å². The number of aromatic nitrogens is 2. The summed E-state index contributed by atoms with van der Waals surface area (Å²) in [6.45, 7) is 3.40. The summed E-state index contributed by atoms with van der Waals surface area (Å²) in [6.07, 6.45) is 3.59. The molecule has 1 N–H and O–H groups in total. The van der Waals surface area contributed by atoms with Crippen molar-refractivity contribution in [2.24, 2.45) is 0 Å². The Kier molecular flexibility index (Phi) is 5.19. The van der Waals surface area contributed by atoms with Crippen molar-refractivity contribution >= 4 is 17.6 Å². The van der Waals surface area contributed by atoms with Crippen LogP contribution in [-0.4, -0.2) is 28.5 Å². The lowest BCUT2D eigenvalue weighted by atomic mass is 10.1. The summed E-state index contributed by atoms with van der Waals surface area (Å²) >= 11 is 0. The molecule has 0 spiro atoms. The lowest BCUT2D eigenvalue weighted by molar-refractivity contribution is -0.119. The van der Waals surface area contributed by atoms with Crippen molar-refractivity contribution in [3.05, 3.63) is 53.6 Å². The van der Waals surface area contributed by atoms with Gasteiger partial charge in [0.05, 0.1) is 11.9 Å². The summed E-state index contributed by atoms with van der Waals surface area (Å²) in [6, 6.07) is 7.49. The molecule has 0 saturated heterocycles. The van der Waals surface area contributed by atoms with Gasteiger partial charge in [0, 0.05) is 11.9 Å². The molecule has 2 aromatic rings. The predicted molar refractivity (Wildman–Crippen MR) is 81.5 cm³/mol. The van der Waals surface area contributed by atoms with Crippen molar-refractivity contribution < 1.29 is 14.3 Å². The fraction of sp³-hybridized carbons (Fsp3) is 0.250. The van der Waals surface area contributed by atoms with E-state index in [2.05, 4.69) is 15.3 Å². The third-order valence-electron chi connectivity index (χ3n) is 3.00. The van der Waals surface area contributed by atoms with Gasteiger partial charge in [0.2, 0.25) is 0 Å². The van der Waals surface area contributed by atoms with Crippen LogP contribution in [0.3, 0.4) is 0 Å². The Bertz CT molecular complexity index is 669. The maximum atomic E-state index is 11.8. The number of nitrogens with one attached hydrogen (secondary N) is 1. The number of amides is 1. The lowest BCUT2D eigenvalue weighted by Gasteiger charge is -2.09. The summed E-state index contributed by atoms with van der Waals surface area (Å²) in [5.74, 6) is -1.07. The van der Waals surface area contributed by atoms with Crippen molar-refractivity contribution in [3.8, 4) is 0 Å². The molecule has 0 fully saturated rings. The minimum Gasteiger partial charge on any atom is -0.451 e. The van der Waals surface area contributed by atoms with Crippen molar-refractivity contribution in [2.75, 3.05) is 11.9 Å². The van der Waals surface area contributed by atoms with Crippen molar-refractivity contribution in [3.63, 3.8) is 0 Å². The highest BCUT2D eigenvalue weighted by atomic mass is 16.5. The number of benzene rings is 1. The van der Waals surface area contributed by atoms with E-state index in [1.165, 1.54) is 12.4 Å². The van der Waals surface area contributed by atoms with Crippen LogP contribution in [-0.2, 0) is 16.0 Å². The minimum atomic E-state index is -0.675. The van der Waals surface area contributed by atoms with Crippen LogP contribution in [0.4, 0.5) is 5.69 Å². The molecule has 22 heavy (non-hydrogen) atoms. The Morgan fingerprint density at radius 2 is 1.95 bits per heavy atom. The van der Waals surface area contributed by atoms with E-state index in [1.54, 1.807) is 6.92 Å². The quantitative estimate of drug-likeness (QED) is 0.855. The fourth-order valence-corrected chi connectivity index (χ4v) is 1.84. The van der Waals surface area contributed by atoms with Crippen LogP contribution in [0.5, 0.6) is 0 Å². The number of hydrogen-bond acceptors (Lipinski definition) is 5. The largest absolute Gasteiger partial charge is 0.451 e. The smallest absolute Gasteiger partial charge is 0.359 e. The summed E-state index contributed by atoms with van der Waals surface area (Å²) in [4.78, 5) is 31.4. The SMILES string of the molecule is CCc1ccccc1NC(=O)COC(=O)c1cnc(C)cn1. The standard InChI is InChI=1S/C16H17N3O3/c1-3-12-6-4-5-7-13(12)19-15(20)10-22-16(21)14-9-17-11(2)8-18-14/h4-9H,3,10H2,1-2H3,(H,19,20). The minimum absolute atomic E-state index is 0.0763. The summed E-state index contributed by atoms with van der Waals surface area (Å²) in [5.41, 5.74) is 2.52. The van der Waals surface area contributed by atoms with E-state index in [0.717, 1.165) is 17.7 Å². The molecule has 1 aromatic heterocycles. The van der Waals surface area contributed by atoms with Gasteiger partial charge in [0.1, 0.15) is 0 Å². The van der Waals surface area contributed by atoms with E-state index in [9.17, 15) is 9.59 Å². The second-order valence-corrected chi connectivity index (χ2v) is 4.68. The summed E-state index contributed by atoms with van der Waals surface area (Å²) in [7, 11) is 0. The number of nitrogens with zero attached hydrogens (tertiary/aromatic N) is 2. The number of hydrogen-bond donors (Lipinski definition) is 1. The van der Waals surface area contributed by atoms with Gasteiger partial charge in [-0.3, -0.25) is 9.78 Å². The molecule has 0 radical (unpaired) electrons. The van der Waals surface area contributed by atoms with Crippen molar-refractivity contribution in [2.45, 2.75) is 20.3 Å². The van der Waals surface area contributed by atoms with Gasteiger partial charge in [-0.05, 0) is 25.0 Å². The zero-order valence-electron chi connectivity index (χ0n) is 12.5. The molecule has 6 heteroatoms. The second kappa shape index (κ2) is 7.31. The highest BCUT2D eigenvalue weighted by Crippen LogP contribution is 2.15. The number of aryl methyl sites for hydroxylation is 2. The zero-order valence-corrected chi connectivity index (χ0v) is 12.5. The third-order valence-corrected chi connectivity index (χ3v) is 3.00. The van der Waals surface area contributed by atoms with Gasteiger partial charge >= 0.3 is 5.97 Å². The molecule has 0 bridgehead atoms. The Balaban J connectivity index is 1.90. The Morgan fingerprint density at radius 3 is 2.64 bits per heavy atom. The molecule has 0 aliphatic rings. The Labute approximate surface area is 128 Å². The first-order valence-corrected chi connectivity index (χ1v) is 6.93. The maximum Gasteiger partial charge on any atom is 0.359 e. The topological polar surface area (TPSA) is 81.2 Å². The Morgan fingerprint density at radius 1 is 1.18 bits per heavy atom. The molecule has 0 aliphatic heterocycles. The number of carbonyl (C=O) groups excluding carboxylic acids is 2. The number of esters is 1. The molecule has 0 unspecified atom stereocenters. The number of para-hydroxylation sites is 1. The predicted octanol–water partition coefficient (Wildman–Crippen LogP) is 2.14. The molecule has 6 nitrogen and oxygen atoms in total. The summed E-state index contributed by atoms with van der Waals surface area (Å²) in [5, 5.41) is 2.73. The molecule has 114 valence electrons. The first-order chi connectivity index (χ1) is 10.6. The van der Waals surface area contributed by atoms with Gasteiger partial charge in [-0.25, -0.2) is 9.78 Å². The van der Waals surface area contributed by atoms with E-state index in [0.29, 0.717) is 5.69 Å². The van der Waals surface area contributed by atoms with E-state index < -0.39 is 11.9 Å². The summed E-state index contributed by atoms with van der Waals surface area (Å²) < 4.78 is 4.92. The highest BCUT2D eigenvalue weighted by Gasteiger charge is 2.12. The average Bonchev–Trinajstić information content (AvgIpc) is 2.54. The van der Waals surface area contributed by atoms with Gasteiger partial charge in [-0.15, -0.1) is 0 Å². The molecular formula is C16H17N3O3. The van der Waals surface area contributed by atoms with Crippen molar-refractivity contribution in [1.82, 2.24) is 9.97 Å². The van der Waals surface area contributed by atoms with E-state index in [4.69, 9.17) is 4.74 Å². The molecule has 1 aromatic carbocycles. The highest BCUT2D eigenvalue weighted by molar-refractivity contribution is 5.95. The molecule has 0 aliphatic carbocycles. The fourth-order valence-electron chi connectivity index (χ4n) is 1.84. The van der Waals surface area contributed by atoms with Crippen LogP contribution >= 0.6 is 0 Å². The first kappa shape index (κ1) is 15.6. The van der Waals surface area contributed by atoms with Gasteiger partial charge in [0.25, 0.3) is 5.91 Å². The molecule has 1 amide bonds. The Hall–Kier alpha value is -2.76. The maximum absolute atomic E-state index is 11.8. The van der Waals surface area contributed by atoms with Crippen molar-refractivity contribution in [1.29, 1.82) is 0 Å². The monoisotopic (exact) mass is 299 g/mol. The van der Waals surface area contributed by atoms with Crippen LogP contribution in [0.25, 0.3) is 0 Å². The van der Waals surface area contributed by atoms with Crippen LogP contribution in [0.15, 0.2) is 36.7 Å². The van der Waals surface area contributed by atoms with Crippen LogP contribution < -0.4 is 5.32 Å². The average molecular weight is 299 g/mol. The molecule has 0 atom stereocenters. The van der Waals surface area contributed by atoms with Crippen LogP contribution in [0.2, 0.25) is 0 Å². The van der Waals surface area contributed by atoms with Gasteiger partial charge < -0.3 is 10.1 Å². The van der Waals surface area contributed by atoms with E-state index >= 15 is 0 Å². The number of anilines is 1. The molecular weight excluding hydrogens is 282 g/mol. The number of ether oxygens (including phenoxy) is 1. The van der Waals surface area contributed by atoms with Gasteiger partial charge in [0.15, 0.2) is 12.3 Å². The molecule has 2 rings (SSSR count). The van der Waals surface area contributed by atoms with Crippen LogP contribution in [0, 0.1) is 6.92 Å². The second-order valence-electron chi connectivity index (χ2n) is 4.68. The zero-order chi connectivity index (χ0) is 15.9. The van der Waals surface area contributed by atoms with Gasteiger partial charge in [-0.2, -0.15) is 0 Å². The van der Waals surface area contributed by atoms with Crippen LogP contribution in [0.1, 0.15) is 28.7 Å². The third kappa shape index (κ3) is 4.12. The number of carbonyl (C=O) groups is 2. The molecule has 0 saturated carbocycles. The van der Waals surface area contributed by atoms with E-state index in [1.807, 2.05) is 31.2 Å². The lowest BCUT2D eigenvalue weighted by Crippen LogP contribution is -2.22. The number of rotatable bonds is 5. The first-order valence-electron chi connectivity index (χ1n) is 6.93. The molecule has 1 heterocycles. The van der Waals surface area contributed by atoms with Gasteiger partial charge in [-0.1, -0.05) is 25.1 Å².